The van der Waals surface area contributed by atoms with E-state index in [1.165, 1.54) is 6.42 Å². The van der Waals surface area contributed by atoms with Crippen LogP contribution in [0.2, 0.25) is 0 Å². The number of rotatable bonds is 2. The van der Waals surface area contributed by atoms with Gasteiger partial charge in [-0.05, 0) is 33.0 Å². The lowest BCUT2D eigenvalue weighted by atomic mass is 9.97. The van der Waals surface area contributed by atoms with Crippen molar-refractivity contribution >= 4 is 0 Å². The van der Waals surface area contributed by atoms with Crippen molar-refractivity contribution in [2.75, 3.05) is 52.9 Å². The van der Waals surface area contributed by atoms with Gasteiger partial charge in [0.05, 0.1) is 12.1 Å². The van der Waals surface area contributed by atoms with Crippen LogP contribution in [0.4, 0.5) is 0 Å². The zero-order chi connectivity index (χ0) is 10.7. The fourth-order valence-corrected chi connectivity index (χ4v) is 2.87. The highest BCUT2D eigenvalue weighted by Crippen LogP contribution is 2.27. The lowest BCUT2D eigenvalue weighted by molar-refractivity contribution is 0.0419. The van der Waals surface area contributed by atoms with Gasteiger partial charge in [-0.3, -0.25) is 4.90 Å². The van der Waals surface area contributed by atoms with Crippen LogP contribution in [0, 0.1) is 0 Å². The minimum Gasteiger partial charge on any atom is -0.394 e. The van der Waals surface area contributed by atoms with Gasteiger partial charge in [-0.25, -0.2) is 0 Å². The van der Waals surface area contributed by atoms with E-state index >= 15 is 0 Å². The molecule has 0 aromatic carbocycles. The van der Waals surface area contributed by atoms with E-state index in [-0.39, 0.29) is 5.54 Å². The van der Waals surface area contributed by atoms with Gasteiger partial charge in [0.2, 0.25) is 0 Å². The van der Waals surface area contributed by atoms with Crippen molar-refractivity contribution in [3.63, 3.8) is 0 Å². The van der Waals surface area contributed by atoms with E-state index in [4.69, 9.17) is 0 Å². The highest BCUT2D eigenvalue weighted by Gasteiger charge is 2.41. The smallest absolute Gasteiger partial charge is 0.0628 e. The SMILES string of the molecule is CN1CCC(CO)(N2CCCNCC2)C1. The van der Waals surface area contributed by atoms with Gasteiger partial charge in [0.1, 0.15) is 0 Å². The van der Waals surface area contributed by atoms with E-state index < -0.39 is 0 Å². The molecule has 2 fully saturated rings. The topological polar surface area (TPSA) is 38.7 Å². The maximum Gasteiger partial charge on any atom is 0.0628 e. The third-order valence-electron chi connectivity index (χ3n) is 3.83. The molecule has 2 heterocycles. The van der Waals surface area contributed by atoms with E-state index in [1.54, 1.807) is 0 Å². The lowest BCUT2D eigenvalue weighted by Crippen LogP contribution is -2.54. The van der Waals surface area contributed by atoms with Crippen molar-refractivity contribution < 1.29 is 5.11 Å². The summed E-state index contributed by atoms with van der Waals surface area (Å²) in [6, 6.07) is 0. The number of hydrogen-bond acceptors (Lipinski definition) is 4. The van der Waals surface area contributed by atoms with Gasteiger partial charge in [-0.2, -0.15) is 0 Å². The average Bonchev–Trinajstić information content (AvgIpc) is 2.49. The van der Waals surface area contributed by atoms with Crippen molar-refractivity contribution in [1.29, 1.82) is 0 Å². The average molecular weight is 213 g/mol. The van der Waals surface area contributed by atoms with Gasteiger partial charge in [-0.1, -0.05) is 0 Å². The molecule has 4 heteroatoms. The Kier molecular flexibility index (Phi) is 3.61. The fourth-order valence-electron chi connectivity index (χ4n) is 2.87. The van der Waals surface area contributed by atoms with Crippen molar-refractivity contribution in [3.05, 3.63) is 0 Å². The maximum atomic E-state index is 9.69. The summed E-state index contributed by atoms with van der Waals surface area (Å²) in [5, 5.41) is 13.1. The monoisotopic (exact) mass is 213 g/mol. The molecule has 2 rings (SSSR count). The lowest BCUT2D eigenvalue weighted by Gasteiger charge is -2.39. The van der Waals surface area contributed by atoms with Crippen molar-refractivity contribution in [2.24, 2.45) is 0 Å². The summed E-state index contributed by atoms with van der Waals surface area (Å²) in [4.78, 5) is 4.82. The van der Waals surface area contributed by atoms with Gasteiger partial charge in [0.15, 0.2) is 0 Å². The Morgan fingerprint density at radius 3 is 2.80 bits per heavy atom. The molecule has 0 radical (unpaired) electrons. The predicted octanol–water partition coefficient (Wildman–Crippen LogP) is -0.652. The van der Waals surface area contributed by atoms with Crippen LogP contribution in [0.25, 0.3) is 0 Å². The Morgan fingerprint density at radius 2 is 2.13 bits per heavy atom. The summed E-state index contributed by atoms with van der Waals surface area (Å²) in [6.45, 7) is 6.82. The van der Waals surface area contributed by atoms with E-state index in [9.17, 15) is 5.11 Å². The fraction of sp³-hybridized carbons (Fsp3) is 1.00. The first-order chi connectivity index (χ1) is 7.27. The molecule has 2 saturated heterocycles. The molecule has 0 spiro atoms. The second-order valence-corrected chi connectivity index (χ2v) is 4.96. The van der Waals surface area contributed by atoms with Crippen LogP contribution in [-0.2, 0) is 0 Å². The van der Waals surface area contributed by atoms with Gasteiger partial charge in [0.25, 0.3) is 0 Å². The Hall–Kier alpha value is -0.160. The molecule has 2 aliphatic heterocycles. The molecule has 0 bridgehead atoms. The number of likely N-dealkylation sites (N-methyl/N-ethyl adjacent to an activating group) is 1. The van der Waals surface area contributed by atoms with Crippen molar-refractivity contribution in [3.8, 4) is 0 Å². The molecule has 1 unspecified atom stereocenters. The summed E-state index contributed by atoms with van der Waals surface area (Å²) in [6.07, 6.45) is 2.31. The minimum absolute atomic E-state index is 0.0424. The Labute approximate surface area is 92.2 Å². The normalized spacial score (nSPS) is 35.6. The molecule has 1 atom stereocenters. The number of aliphatic hydroxyl groups is 1. The first-order valence-corrected chi connectivity index (χ1v) is 6.02. The molecule has 0 aliphatic carbocycles. The number of nitrogens with one attached hydrogen (secondary N) is 1. The van der Waals surface area contributed by atoms with Crippen LogP contribution in [0.3, 0.4) is 0 Å². The third-order valence-corrected chi connectivity index (χ3v) is 3.83. The molecule has 4 nitrogen and oxygen atoms in total. The van der Waals surface area contributed by atoms with Crippen LogP contribution in [-0.4, -0.2) is 73.4 Å². The summed E-state index contributed by atoms with van der Waals surface area (Å²) in [5.74, 6) is 0. The third kappa shape index (κ3) is 2.33. The summed E-state index contributed by atoms with van der Waals surface area (Å²) in [7, 11) is 2.15. The Morgan fingerprint density at radius 1 is 1.27 bits per heavy atom. The van der Waals surface area contributed by atoms with Crippen LogP contribution in [0.5, 0.6) is 0 Å². The van der Waals surface area contributed by atoms with Crippen LogP contribution in [0.15, 0.2) is 0 Å². The summed E-state index contributed by atoms with van der Waals surface area (Å²) < 4.78 is 0. The summed E-state index contributed by atoms with van der Waals surface area (Å²) >= 11 is 0. The number of aliphatic hydroxyl groups excluding tert-OH is 1. The number of likely N-dealkylation sites (tertiary alicyclic amines) is 1. The minimum atomic E-state index is 0.0424. The Bertz CT molecular complexity index is 204. The van der Waals surface area contributed by atoms with E-state index in [2.05, 4.69) is 22.2 Å². The largest absolute Gasteiger partial charge is 0.394 e. The number of nitrogens with zero attached hydrogens (tertiary/aromatic N) is 2. The predicted molar refractivity (Wildman–Crippen MR) is 61.0 cm³/mol. The summed E-state index contributed by atoms with van der Waals surface area (Å²) in [5.41, 5.74) is 0.0424. The molecule has 15 heavy (non-hydrogen) atoms. The standard InChI is InChI=1S/C11H23N3O/c1-13-7-3-11(9-13,10-15)14-6-2-4-12-5-8-14/h12,15H,2-10H2,1H3. The maximum absolute atomic E-state index is 9.69. The van der Waals surface area contributed by atoms with Crippen LogP contribution >= 0.6 is 0 Å². The number of hydrogen-bond donors (Lipinski definition) is 2. The van der Waals surface area contributed by atoms with E-state index in [1.807, 2.05) is 0 Å². The molecule has 0 aromatic rings. The first-order valence-electron chi connectivity index (χ1n) is 6.02. The van der Waals surface area contributed by atoms with Crippen LogP contribution < -0.4 is 5.32 Å². The second kappa shape index (κ2) is 4.78. The highest BCUT2D eigenvalue weighted by molar-refractivity contribution is 4.98. The zero-order valence-corrected chi connectivity index (χ0v) is 9.71. The molecular formula is C11H23N3O. The second-order valence-electron chi connectivity index (χ2n) is 4.96. The van der Waals surface area contributed by atoms with Gasteiger partial charge in [-0.15, -0.1) is 0 Å². The quantitative estimate of drug-likeness (QED) is 0.639. The van der Waals surface area contributed by atoms with Crippen molar-refractivity contribution in [2.45, 2.75) is 18.4 Å². The van der Waals surface area contributed by atoms with Gasteiger partial charge in [0, 0.05) is 26.2 Å². The molecule has 0 amide bonds. The van der Waals surface area contributed by atoms with Gasteiger partial charge < -0.3 is 15.3 Å². The molecule has 0 saturated carbocycles. The van der Waals surface area contributed by atoms with E-state index in [0.717, 1.165) is 45.7 Å². The molecule has 2 N–H and O–H groups in total. The molecule has 0 aromatic heterocycles. The van der Waals surface area contributed by atoms with Crippen LogP contribution in [0.1, 0.15) is 12.8 Å². The van der Waals surface area contributed by atoms with Crippen molar-refractivity contribution in [1.82, 2.24) is 15.1 Å². The zero-order valence-electron chi connectivity index (χ0n) is 9.71. The molecular weight excluding hydrogens is 190 g/mol. The molecule has 88 valence electrons. The highest BCUT2D eigenvalue weighted by atomic mass is 16.3. The first kappa shape index (κ1) is 11.3. The Balaban J connectivity index is 2.03. The molecule has 2 aliphatic rings. The van der Waals surface area contributed by atoms with Gasteiger partial charge >= 0.3 is 0 Å². The van der Waals surface area contributed by atoms with E-state index in [0.29, 0.717) is 6.61 Å².